The third-order valence-corrected chi connectivity index (χ3v) is 4.29. The van der Waals surface area contributed by atoms with Gasteiger partial charge in [0.1, 0.15) is 12.4 Å². The lowest BCUT2D eigenvalue weighted by molar-refractivity contribution is -0.385. The molecule has 0 spiro atoms. The van der Waals surface area contributed by atoms with Crippen LogP contribution in [0.1, 0.15) is 37.4 Å². The molecular weight excluding hydrogens is 314 g/mol. The monoisotopic (exact) mass is 333 g/mol. The van der Waals surface area contributed by atoms with Crippen LogP contribution in [0.3, 0.4) is 0 Å². The average molecular weight is 333 g/mol. The molecule has 128 valence electrons. The molecule has 24 heavy (non-hydrogen) atoms. The Labute approximate surface area is 138 Å². The highest BCUT2D eigenvalue weighted by Gasteiger charge is 2.23. The fraction of sp³-hybridized carbons (Fsp3) is 0.500. The summed E-state index contributed by atoms with van der Waals surface area (Å²) in [4.78, 5) is 30.3. The number of fused-ring (bicyclic) bond motifs is 1. The van der Waals surface area contributed by atoms with Gasteiger partial charge in [-0.25, -0.2) is 4.98 Å². The highest BCUT2D eigenvalue weighted by molar-refractivity contribution is 5.83. The van der Waals surface area contributed by atoms with Crippen LogP contribution in [-0.4, -0.2) is 35.2 Å². The van der Waals surface area contributed by atoms with Gasteiger partial charge >= 0.3 is 5.69 Å². The molecule has 0 radical (unpaired) electrons. The van der Waals surface area contributed by atoms with Crippen molar-refractivity contribution in [3.05, 3.63) is 38.4 Å². The number of nitrogens with one attached hydrogen (secondary N) is 1. The topological polar surface area (TPSA) is 107 Å². The van der Waals surface area contributed by atoms with Gasteiger partial charge in [0, 0.05) is 25.2 Å². The minimum Gasteiger partial charge on any atom is -0.484 e. The summed E-state index contributed by atoms with van der Waals surface area (Å²) >= 11 is 0. The molecule has 1 saturated carbocycles. The van der Waals surface area contributed by atoms with Gasteiger partial charge in [0.2, 0.25) is 0 Å². The van der Waals surface area contributed by atoms with Crippen LogP contribution in [0.15, 0.2) is 16.9 Å². The van der Waals surface area contributed by atoms with Crippen molar-refractivity contribution in [2.24, 2.45) is 0 Å². The van der Waals surface area contributed by atoms with E-state index in [-0.39, 0.29) is 34.9 Å². The number of benzene rings is 1. The van der Waals surface area contributed by atoms with Crippen molar-refractivity contribution >= 4 is 16.6 Å². The molecule has 3 rings (SSSR count). The van der Waals surface area contributed by atoms with Crippen LogP contribution < -0.4 is 10.3 Å². The van der Waals surface area contributed by atoms with Gasteiger partial charge in [0.05, 0.1) is 22.4 Å². The van der Waals surface area contributed by atoms with Crippen molar-refractivity contribution in [1.29, 1.82) is 0 Å². The van der Waals surface area contributed by atoms with E-state index in [4.69, 9.17) is 9.47 Å². The minimum atomic E-state index is -0.564. The van der Waals surface area contributed by atoms with Gasteiger partial charge in [-0.3, -0.25) is 14.9 Å². The largest absolute Gasteiger partial charge is 0.484 e. The van der Waals surface area contributed by atoms with Crippen molar-refractivity contribution in [3.63, 3.8) is 0 Å². The second kappa shape index (κ2) is 6.96. The fourth-order valence-corrected chi connectivity index (χ4v) is 3.06. The molecule has 8 heteroatoms. The first kappa shape index (κ1) is 16.4. The summed E-state index contributed by atoms with van der Waals surface area (Å²) < 4.78 is 10.3. The number of rotatable bonds is 6. The molecule has 1 fully saturated rings. The number of aromatic amines is 1. The third-order valence-electron chi connectivity index (χ3n) is 4.29. The molecule has 0 atom stereocenters. The average Bonchev–Trinajstić information content (AvgIpc) is 3.08. The number of aromatic nitrogens is 2. The Morgan fingerprint density at radius 3 is 2.75 bits per heavy atom. The molecule has 1 aliphatic carbocycles. The van der Waals surface area contributed by atoms with Crippen molar-refractivity contribution in [1.82, 2.24) is 9.97 Å². The lowest BCUT2D eigenvalue weighted by Gasteiger charge is -2.11. The number of hydrogen-bond donors (Lipinski definition) is 1. The molecule has 1 aliphatic rings. The number of ether oxygens (including phenoxy) is 2. The molecule has 1 heterocycles. The van der Waals surface area contributed by atoms with E-state index in [2.05, 4.69) is 9.97 Å². The van der Waals surface area contributed by atoms with Crippen LogP contribution in [0.5, 0.6) is 5.75 Å². The van der Waals surface area contributed by atoms with Gasteiger partial charge in [-0.05, 0) is 12.8 Å². The Morgan fingerprint density at radius 2 is 2.08 bits per heavy atom. The zero-order valence-corrected chi connectivity index (χ0v) is 13.4. The SMILES string of the molecule is COCCOc1cc2nc(C3CCCC3)[nH]c(=O)c2cc1[N+](=O)[O-]. The third kappa shape index (κ3) is 3.23. The predicted octanol–water partition coefficient (Wildman–Crippen LogP) is 2.51. The molecule has 0 bridgehead atoms. The van der Waals surface area contributed by atoms with E-state index in [9.17, 15) is 14.9 Å². The molecule has 0 unspecified atom stereocenters. The lowest BCUT2D eigenvalue weighted by Crippen LogP contribution is -2.14. The van der Waals surface area contributed by atoms with Gasteiger partial charge in [0.15, 0.2) is 5.75 Å². The second-order valence-corrected chi connectivity index (χ2v) is 5.87. The van der Waals surface area contributed by atoms with E-state index < -0.39 is 4.92 Å². The molecule has 1 aromatic heterocycles. The smallest absolute Gasteiger partial charge is 0.311 e. The van der Waals surface area contributed by atoms with E-state index in [1.807, 2.05) is 0 Å². The van der Waals surface area contributed by atoms with Crippen LogP contribution in [0, 0.1) is 10.1 Å². The van der Waals surface area contributed by atoms with Crippen LogP contribution in [0.4, 0.5) is 5.69 Å². The summed E-state index contributed by atoms with van der Waals surface area (Å²) in [5.74, 6) is 0.997. The Balaban J connectivity index is 2.06. The number of hydrogen-bond acceptors (Lipinski definition) is 6. The number of nitrogens with zero attached hydrogens (tertiary/aromatic N) is 2. The minimum absolute atomic E-state index is 0.0972. The maximum absolute atomic E-state index is 12.3. The molecule has 1 aromatic carbocycles. The molecule has 0 aliphatic heterocycles. The summed E-state index contributed by atoms with van der Waals surface area (Å²) in [6.07, 6.45) is 4.24. The van der Waals surface area contributed by atoms with E-state index >= 15 is 0 Å². The number of methoxy groups -OCH3 is 1. The van der Waals surface area contributed by atoms with Crippen LogP contribution in [-0.2, 0) is 4.74 Å². The highest BCUT2D eigenvalue weighted by Crippen LogP contribution is 2.34. The lowest BCUT2D eigenvalue weighted by atomic mass is 10.1. The van der Waals surface area contributed by atoms with Gasteiger partial charge in [0.25, 0.3) is 5.56 Å². The van der Waals surface area contributed by atoms with Crippen molar-refractivity contribution in [3.8, 4) is 5.75 Å². The summed E-state index contributed by atoms with van der Waals surface area (Å²) in [7, 11) is 1.52. The Bertz CT molecular complexity index is 811. The quantitative estimate of drug-likeness (QED) is 0.494. The van der Waals surface area contributed by atoms with E-state index in [0.29, 0.717) is 17.9 Å². The predicted molar refractivity (Wildman–Crippen MR) is 87.6 cm³/mol. The number of nitro groups is 1. The standard InChI is InChI=1S/C16H19N3O5/c1-23-6-7-24-14-9-12-11(8-13(14)19(21)22)16(20)18-15(17-12)10-4-2-3-5-10/h8-10H,2-7H2,1H3,(H,17,18,20). The molecule has 0 amide bonds. The summed E-state index contributed by atoms with van der Waals surface area (Å²) in [6.45, 7) is 0.493. The van der Waals surface area contributed by atoms with Crippen LogP contribution >= 0.6 is 0 Å². The van der Waals surface area contributed by atoms with E-state index in [0.717, 1.165) is 25.7 Å². The van der Waals surface area contributed by atoms with Gasteiger partial charge in [-0.1, -0.05) is 12.8 Å². The fourth-order valence-electron chi connectivity index (χ4n) is 3.06. The molecular formula is C16H19N3O5. The first-order chi connectivity index (χ1) is 11.6. The molecule has 0 saturated heterocycles. The summed E-state index contributed by atoms with van der Waals surface area (Å²) in [5.41, 5.74) is -0.188. The zero-order chi connectivity index (χ0) is 17.1. The maximum atomic E-state index is 12.3. The van der Waals surface area contributed by atoms with Gasteiger partial charge in [-0.15, -0.1) is 0 Å². The van der Waals surface area contributed by atoms with Crippen molar-refractivity contribution in [2.75, 3.05) is 20.3 Å². The summed E-state index contributed by atoms with van der Waals surface area (Å²) in [6, 6.07) is 2.69. The van der Waals surface area contributed by atoms with E-state index in [1.165, 1.54) is 19.2 Å². The first-order valence-corrected chi connectivity index (χ1v) is 7.94. The highest BCUT2D eigenvalue weighted by atomic mass is 16.6. The summed E-state index contributed by atoms with van der Waals surface area (Å²) in [5, 5.41) is 11.4. The Kier molecular flexibility index (Phi) is 4.75. The van der Waals surface area contributed by atoms with Crippen LogP contribution in [0.25, 0.3) is 10.9 Å². The molecule has 2 aromatic rings. The van der Waals surface area contributed by atoms with Gasteiger partial charge in [-0.2, -0.15) is 0 Å². The molecule has 8 nitrogen and oxygen atoms in total. The maximum Gasteiger partial charge on any atom is 0.311 e. The van der Waals surface area contributed by atoms with Gasteiger partial charge < -0.3 is 14.5 Å². The van der Waals surface area contributed by atoms with Crippen molar-refractivity contribution < 1.29 is 14.4 Å². The first-order valence-electron chi connectivity index (χ1n) is 7.94. The van der Waals surface area contributed by atoms with Crippen LogP contribution in [0.2, 0.25) is 0 Å². The second-order valence-electron chi connectivity index (χ2n) is 5.87. The van der Waals surface area contributed by atoms with Crippen molar-refractivity contribution in [2.45, 2.75) is 31.6 Å². The van der Waals surface area contributed by atoms with E-state index in [1.54, 1.807) is 0 Å². The Morgan fingerprint density at radius 1 is 1.33 bits per heavy atom. The normalized spacial score (nSPS) is 15.0. The zero-order valence-electron chi connectivity index (χ0n) is 13.4. The Hall–Kier alpha value is -2.48. The molecule has 1 N–H and O–H groups in total. The number of nitro benzene ring substituents is 1. The number of H-pyrrole nitrogens is 1.